The molecule has 0 aliphatic carbocycles. The Morgan fingerprint density at radius 1 is 1.02 bits per heavy atom. The van der Waals surface area contributed by atoms with Crippen molar-refractivity contribution in [1.82, 2.24) is 30.9 Å². The number of nitrogens with one attached hydrogen (secondary N) is 4. The third-order valence-corrected chi connectivity index (χ3v) is 8.44. The minimum absolute atomic E-state index is 0.0182. The number of methoxy groups -OCH3 is 1. The molecule has 1 aliphatic rings. The highest BCUT2D eigenvalue weighted by Crippen LogP contribution is 2.41. The van der Waals surface area contributed by atoms with Crippen molar-refractivity contribution in [2.24, 2.45) is 0 Å². The number of aliphatic hydroxyl groups excluding tert-OH is 1. The number of nitrogens with zero attached hydrogens (tertiary/aromatic N) is 3. The summed E-state index contributed by atoms with van der Waals surface area (Å²) in [6.45, 7) is 2.11. The summed E-state index contributed by atoms with van der Waals surface area (Å²) in [6.07, 6.45) is 6.26. The van der Waals surface area contributed by atoms with Crippen molar-refractivity contribution in [1.29, 1.82) is 0 Å². The quantitative estimate of drug-likeness (QED) is 0.107. The summed E-state index contributed by atoms with van der Waals surface area (Å²) in [4.78, 5) is 24.8. The van der Waals surface area contributed by atoms with Crippen LogP contribution in [0.15, 0.2) is 54.9 Å². The summed E-state index contributed by atoms with van der Waals surface area (Å²) >= 11 is 13.8. The molecule has 0 saturated carbocycles. The molecule has 1 atom stereocenters. The molecule has 0 radical (unpaired) electrons. The fourth-order valence-electron chi connectivity index (χ4n) is 5.27. The first-order chi connectivity index (χ1) is 22.4. The Labute approximate surface area is 277 Å². The number of hydrogen-bond acceptors (Lipinski definition) is 9. The van der Waals surface area contributed by atoms with E-state index in [2.05, 4.69) is 31.2 Å². The van der Waals surface area contributed by atoms with Gasteiger partial charge in [0.05, 0.1) is 40.8 Å². The standard InChI is InChI=1S/C33H36Cl2FN7O3/c1-46-33-20(4-3-13-37-19-22-8-10-27(45)41-22)7-9-25(43-33)23-12-15-39-31(29(23)35)24-5-2-6-26(28(24)34)42-32-30(36)21(11-14-40-32)18-38-16-17-44/h2,5-7,9,11-12,14-15,22,37-38,44H,3-4,8,10,13,16-19H2,1H3,(H,40,42)(H,41,45)/t22-/m0/s1. The Bertz CT molecular complexity index is 1680. The van der Waals surface area contributed by atoms with Gasteiger partial charge < -0.3 is 31.1 Å². The summed E-state index contributed by atoms with van der Waals surface area (Å²) in [6, 6.07) is 12.7. The van der Waals surface area contributed by atoms with E-state index in [1.54, 1.807) is 43.6 Å². The zero-order valence-corrected chi connectivity index (χ0v) is 26.9. The van der Waals surface area contributed by atoms with Gasteiger partial charge in [0.25, 0.3) is 0 Å². The van der Waals surface area contributed by atoms with Crippen LogP contribution in [0.25, 0.3) is 22.5 Å². The van der Waals surface area contributed by atoms with E-state index < -0.39 is 5.82 Å². The number of anilines is 2. The number of rotatable bonds is 15. The van der Waals surface area contributed by atoms with Crippen molar-refractivity contribution in [2.45, 2.75) is 38.3 Å². The van der Waals surface area contributed by atoms with Gasteiger partial charge in [-0.25, -0.2) is 14.4 Å². The maximum absolute atomic E-state index is 15.2. The van der Waals surface area contributed by atoms with Crippen LogP contribution in [0.1, 0.15) is 30.4 Å². The van der Waals surface area contributed by atoms with Gasteiger partial charge in [0.15, 0.2) is 11.6 Å². The Morgan fingerprint density at radius 2 is 1.87 bits per heavy atom. The number of aryl methyl sites for hydroxylation is 1. The molecule has 46 heavy (non-hydrogen) atoms. The average molecular weight is 669 g/mol. The smallest absolute Gasteiger partial charge is 0.220 e. The van der Waals surface area contributed by atoms with Crippen LogP contribution < -0.4 is 26.0 Å². The van der Waals surface area contributed by atoms with E-state index in [9.17, 15) is 4.79 Å². The minimum Gasteiger partial charge on any atom is -0.481 e. The third-order valence-electron chi connectivity index (χ3n) is 7.65. The second-order valence-electron chi connectivity index (χ2n) is 10.8. The monoisotopic (exact) mass is 667 g/mol. The second-order valence-corrected chi connectivity index (χ2v) is 11.6. The number of ether oxygens (including phenoxy) is 1. The maximum atomic E-state index is 15.2. The first kappa shape index (κ1) is 33.5. The molecule has 1 saturated heterocycles. The molecule has 13 heteroatoms. The van der Waals surface area contributed by atoms with Crippen molar-refractivity contribution in [3.05, 3.63) is 81.8 Å². The van der Waals surface area contributed by atoms with E-state index >= 15 is 4.39 Å². The number of aromatic nitrogens is 3. The molecular formula is C33H36Cl2FN7O3. The van der Waals surface area contributed by atoms with Gasteiger partial charge in [-0.05, 0) is 50.1 Å². The largest absolute Gasteiger partial charge is 0.481 e. The Morgan fingerprint density at radius 3 is 2.65 bits per heavy atom. The molecule has 0 spiro atoms. The van der Waals surface area contributed by atoms with E-state index in [1.165, 1.54) is 6.20 Å². The molecule has 1 amide bonds. The van der Waals surface area contributed by atoms with Crippen LogP contribution >= 0.6 is 23.2 Å². The van der Waals surface area contributed by atoms with Crippen molar-refractivity contribution >= 4 is 40.6 Å². The fourth-order valence-corrected chi connectivity index (χ4v) is 5.85. The lowest BCUT2D eigenvalue weighted by atomic mass is 10.0. The first-order valence-electron chi connectivity index (χ1n) is 15.1. The summed E-state index contributed by atoms with van der Waals surface area (Å²) < 4.78 is 20.8. The van der Waals surface area contributed by atoms with Crippen molar-refractivity contribution in [3.63, 3.8) is 0 Å². The normalized spacial score (nSPS) is 14.4. The Kier molecular flexibility index (Phi) is 11.7. The number of carbonyl (C=O) groups excluding carboxylic acids is 1. The van der Waals surface area contributed by atoms with Gasteiger partial charge in [-0.2, -0.15) is 0 Å². The second kappa shape index (κ2) is 16.1. The summed E-state index contributed by atoms with van der Waals surface area (Å²) in [5.74, 6) is 0.132. The molecule has 3 aromatic heterocycles. The highest BCUT2D eigenvalue weighted by atomic mass is 35.5. The van der Waals surface area contributed by atoms with Gasteiger partial charge in [0.1, 0.15) is 0 Å². The zero-order valence-electron chi connectivity index (χ0n) is 25.4. The van der Waals surface area contributed by atoms with E-state index in [1.807, 2.05) is 12.1 Å². The van der Waals surface area contributed by atoms with Crippen LogP contribution in [0.3, 0.4) is 0 Å². The van der Waals surface area contributed by atoms with Crippen LogP contribution in [0.4, 0.5) is 15.9 Å². The Balaban J connectivity index is 1.31. The van der Waals surface area contributed by atoms with Gasteiger partial charge in [-0.1, -0.05) is 41.4 Å². The van der Waals surface area contributed by atoms with E-state index in [0.29, 0.717) is 62.7 Å². The van der Waals surface area contributed by atoms with E-state index in [4.69, 9.17) is 38.0 Å². The summed E-state index contributed by atoms with van der Waals surface area (Å²) in [7, 11) is 1.59. The molecule has 0 bridgehead atoms. The predicted octanol–water partition coefficient (Wildman–Crippen LogP) is 5.29. The van der Waals surface area contributed by atoms with Gasteiger partial charge in [-0.15, -0.1) is 0 Å². The minimum atomic E-state index is -0.522. The molecule has 4 heterocycles. The number of amides is 1. The summed E-state index contributed by atoms with van der Waals surface area (Å²) in [5.41, 5.74) is 4.07. The third kappa shape index (κ3) is 8.09. The number of carbonyl (C=O) groups is 1. The lowest BCUT2D eigenvalue weighted by molar-refractivity contribution is -0.119. The molecule has 242 valence electrons. The molecule has 10 nitrogen and oxygen atoms in total. The van der Waals surface area contributed by atoms with Gasteiger partial charge in [-0.3, -0.25) is 9.78 Å². The number of halogens is 3. The van der Waals surface area contributed by atoms with Crippen LogP contribution in [0.2, 0.25) is 10.0 Å². The van der Waals surface area contributed by atoms with E-state index in [-0.39, 0.29) is 30.9 Å². The summed E-state index contributed by atoms with van der Waals surface area (Å²) in [5, 5.41) is 22.0. The van der Waals surface area contributed by atoms with Crippen LogP contribution in [-0.2, 0) is 17.8 Å². The zero-order chi connectivity index (χ0) is 32.5. The maximum Gasteiger partial charge on any atom is 0.220 e. The number of aliphatic hydroxyl groups is 1. The highest BCUT2D eigenvalue weighted by molar-refractivity contribution is 6.39. The van der Waals surface area contributed by atoms with Crippen molar-refractivity contribution in [3.8, 4) is 28.4 Å². The van der Waals surface area contributed by atoms with Crippen LogP contribution in [0.5, 0.6) is 5.88 Å². The topological polar surface area (TPSA) is 133 Å². The van der Waals surface area contributed by atoms with Gasteiger partial charge >= 0.3 is 0 Å². The molecule has 1 aromatic carbocycles. The first-order valence-corrected chi connectivity index (χ1v) is 15.8. The lowest BCUT2D eigenvalue weighted by Gasteiger charge is -2.15. The fraction of sp³-hybridized carbons (Fsp3) is 0.333. The molecule has 4 aromatic rings. The molecule has 1 fully saturated rings. The van der Waals surface area contributed by atoms with Gasteiger partial charge in [0, 0.05) is 66.7 Å². The molecular weight excluding hydrogens is 632 g/mol. The SMILES string of the molecule is COc1nc(-c2ccnc(-c3cccc(Nc4nccc(CNCCO)c4F)c3Cl)c2Cl)ccc1CCCNC[C@@H]1CCC(=O)N1. The average Bonchev–Trinajstić information content (AvgIpc) is 3.48. The Hall–Kier alpha value is -3.87. The molecule has 5 N–H and O–H groups in total. The van der Waals surface area contributed by atoms with Crippen molar-refractivity contribution < 1.29 is 19.0 Å². The lowest BCUT2D eigenvalue weighted by Crippen LogP contribution is -2.36. The highest BCUT2D eigenvalue weighted by Gasteiger charge is 2.21. The molecule has 0 unspecified atom stereocenters. The van der Waals surface area contributed by atoms with Crippen LogP contribution in [-0.4, -0.2) is 65.4 Å². The van der Waals surface area contributed by atoms with E-state index in [0.717, 1.165) is 37.9 Å². The van der Waals surface area contributed by atoms with Gasteiger partial charge in [0.2, 0.25) is 11.8 Å². The number of benzene rings is 1. The number of hydrogen-bond donors (Lipinski definition) is 5. The molecule has 1 aliphatic heterocycles. The van der Waals surface area contributed by atoms with Crippen molar-refractivity contribution in [2.75, 3.05) is 38.7 Å². The molecule has 5 rings (SSSR count). The number of pyridine rings is 3. The van der Waals surface area contributed by atoms with Crippen LogP contribution in [0, 0.1) is 5.82 Å². The predicted molar refractivity (Wildman–Crippen MR) is 178 cm³/mol.